The number of carbonyl (C=O) groups excluding carboxylic acids is 1. The van der Waals surface area contributed by atoms with Crippen LogP contribution in [0, 0.1) is 11.8 Å². The molecule has 2 atom stereocenters. The van der Waals surface area contributed by atoms with Gasteiger partial charge >= 0.3 is 0 Å². The first-order valence-corrected chi connectivity index (χ1v) is 5.54. The maximum atomic E-state index is 11.5. The minimum Gasteiger partial charge on any atom is -0.353 e. The number of amides is 1. The maximum absolute atomic E-state index is 11.5. The molecule has 1 amide bonds. The van der Waals surface area contributed by atoms with E-state index in [2.05, 4.69) is 38.3 Å². The van der Waals surface area contributed by atoms with Crippen LogP contribution < -0.4 is 10.6 Å². The molecular formula is C11H22N2O. The van der Waals surface area contributed by atoms with Gasteiger partial charge in [-0.05, 0) is 18.3 Å². The highest BCUT2D eigenvalue weighted by Crippen LogP contribution is 2.11. The van der Waals surface area contributed by atoms with Crippen LogP contribution >= 0.6 is 0 Å². The summed E-state index contributed by atoms with van der Waals surface area (Å²) < 4.78 is 0. The second-order valence-corrected chi connectivity index (χ2v) is 4.96. The fourth-order valence-corrected chi connectivity index (χ4v) is 1.94. The third kappa shape index (κ3) is 2.98. The summed E-state index contributed by atoms with van der Waals surface area (Å²) in [5.41, 5.74) is 0. The fraction of sp³-hybridized carbons (Fsp3) is 0.909. The Morgan fingerprint density at radius 3 is 2.50 bits per heavy atom. The molecule has 1 aliphatic heterocycles. The number of carbonyl (C=O) groups is 1. The van der Waals surface area contributed by atoms with Crippen LogP contribution in [0.15, 0.2) is 0 Å². The highest BCUT2D eigenvalue weighted by molar-refractivity contribution is 5.82. The van der Waals surface area contributed by atoms with Gasteiger partial charge in [0.2, 0.25) is 5.91 Å². The van der Waals surface area contributed by atoms with Gasteiger partial charge in [0.15, 0.2) is 0 Å². The maximum Gasteiger partial charge on any atom is 0.237 e. The molecule has 2 N–H and O–H groups in total. The van der Waals surface area contributed by atoms with Gasteiger partial charge in [0.05, 0.1) is 6.04 Å². The fourth-order valence-electron chi connectivity index (χ4n) is 1.94. The summed E-state index contributed by atoms with van der Waals surface area (Å²) in [6, 6.07) is 0.438. The monoisotopic (exact) mass is 198 g/mol. The van der Waals surface area contributed by atoms with Crippen LogP contribution in [0.5, 0.6) is 0 Å². The molecule has 0 saturated carbocycles. The van der Waals surface area contributed by atoms with Crippen LogP contribution in [0.25, 0.3) is 0 Å². The Balaban J connectivity index is 2.49. The molecule has 14 heavy (non-hydrogen) atoms. The highest BCUT2D eigenvalue weighted by Gasteiger charge is 2.29. The van der Waals surface area contributed by atoms with Crippen LogP contribution in [0.4, 0.5) is 0 Å². The predicted octanol–water partition coefficient (Wildman–Crippen LogP) is 1.15. The van der Waals surface area contributed by atoms with Crippen molar-refractivity contribution in [2.75, 3.05) is 6.54 Å². The third-order valence-electron chi connectivity index (χ3n) is 2.64. The lowest BCUT2D eigenvalue weighted by molar-refractivity contribution is -0.126. The van der Waals surface area contributed by atoms with E-state index in [1.807, 2.05) is 0 Å². The molecule has 1 fully saturated rings. The van der Waals surface area contributed by atoms with E-state index in [1.165, 1.54) is 0 Å². The van der Waals surface area contributed by atoms with Crippen LogP contribution in [-0.4, -0.2) is 24.5 Å². The van der Waals surface area contributed by atoms with Gasteiger partial charge in [0.1, 0.15) is 0 Å². The second kappa shape index (κ2) is 4.78. The zero-order valence-electron chi connectivity index (χ0n) is 9.63. The first kappa shape index (κ1) is 11.5. The van der Waals surface area contributed by atoms with E-state index in [-0.39, 0.29) is 11.9 Å². The molecule has 82 valence electrons. The van der Waals surface area contributed by atoms with Crippen LogP contribution in [0.1, 0.15) is 34.1 Å². The Kier molecular flexibility index (Phi) is 3.93. The summed E-state index contributed by atoms with van der Waals surface area (Å²) in [5.74, 6) is 1.19. The molecule has 0 spiro atoms. The Morgan fingerprint density at radius 2 is 2.00 bits per heavy atom. The molecule has 1 saturated heterocycles. The molecular weight excluding hydrogens is 176 g/mol. The molecule has 0 aromatic heterocycles. The topological polar surface area (TPSA) is 41.1 Å². The Hall–Kier alpha value is -0.570. The first-order chi connectivity index (χ1) is 6.50. The average molecular weight is 198 g/mol. The molecule has 0 aliphatic carbocycles. The summed E-state index contributed by atoms with van der Waals surface area (Å²) in [6.07, 6.45) is 1.13. The van der Waals surface area contributed by atoms with Crippen LogP contribution in [-0.2, 0) is 4.79 Å². The number of piperazine rings is 1. The predicted molar refractivity (Wildman–Crippen MR) is 58.0 cm³/mol. The highest BCUT2D eigenvalue weighted by atomic mass is 16.2. The molecule has 1 aliphatic rings. The molecule has 0 aromatic carbocycles. The molecule has 1 rings (SSSR count). The van der Waals surface area contributed by atoms with E-state index in [1.54, 1.807) is 0 Å². The van der Waals surface area contributed by atoms with Crippen LogP contribution in [0.2, 0.25) is 0 Å². The lowest BCUT2D eigenvalue weighted by Gasteiger charge is -2.33. The summed E-state index contributed by atoms with van der Waals surface area (Å²) in [5, 5.41) is 6.39. The largest absolute Gasteiger partial charge is 0.353 e. The van der Waals surface area contributed by atoms with Crippen molar-refractivity contribution >= 4 is 5.91 Å². The van der Waals surface area contributed by atoms with E-state index in [4.69, 9.17) is 0 Å². The number of hydrogen-bond acceptors (Lipinski definition) is 2. The lowest BCUT2D eigenvalue weighted by atomic mass is 9.96. The Labute approximate surface area is 86.6 Å². The molecule has 3 nitrogen and oxygen atoms in total. The van der Waals surface area contributed by atoms with E-state index in [0.717, 1.165) is 13.0 Å². The zero-order chi connectivity index (χ0) is 10.7. The van der Waals surface area contributed by atoms with Crippen molar-refractivity contribution in [3.8, 4) is 0 Å². The smallest absolute Gasteiger partial charge is 0.237 e. The molecule has 1 heterocycles. The van der Waals surface area contributed by atoms with Gasteiger partial charge in [0, 0.05) is 12.6 Å². The summed E-state index contributed by atoms with van der Waals surface area (Å²) >= 11 is 0. The van der Waals surface area contributed by atoms with Gasteiger partial charge in [0.25, 0.3) is 0 Å². The number of rotatable bonds is 3. The van der Waals surface area contributed by atoms with E-state index >= 15 is 0 Å². The van der Waals surface area contributed by atoms with Crippen molar-refractivity contribution < 1.29 is 4.79 Å². The minimum absolute atomic E-state index is 0.00694. The second-order valence-electron chi connectivity index (χ2n) is 4.96. The lowest BCUT2D eigenvalue weighted by Crippen LogP contribution is -2.60. The summed E-state index contributed by atoms with van der Waals surface area (Å²) in [7, 11) is 0. The standard InChI is InChI=1S/C11H22N2O/c1-7(2)5-9-6-12-11(14)10(13-9)8(3)4/h7-10,13H,5-6H2,1-4H3,(H,12,14). The number of nitrogens with one attached hydrogen (secondary N) is 2. The van der Waals surface area contributed by atoms with Gasteiger partial charge in [-0.25, -0.2) is 0 Å². The van der Waals surface area contributed by atoms with E-state index in [0.29, 0.717) is 17.9 Å². The van der Waals surface area contributed by atoms with Crippen LogP contribution in [0.3, 0.4) is 0 Å². The molecule has 2 unspecified atom stereocenters. The number of hydrogen-bond donors (Lipinski definition) is 2. The van der Waals surface area contributed by atoms with E-state index in [9.17, 15) is 4.79 Å². The zero-order valence-corrected chi connectivity index (χ0v) is 9.63. The quantitative estimate of drug-likeness (QED) is 0.714. The van der Waals surface area contributed by atoms with Crippen molar-refractivity contribution in [3.63, 3.8) is 0 Å². The van der Waals surface area contributed by atoms with E-state index < -0.39 is 0 Å². The Morgan fingerprint density at radius 1 is 1.36 bits per heavy atom. The minimum atomic E-state index is -0.00694. The van der Waals surface area contributed by atoms with Crippen molar-refractivity contribution in [1.29, 1.82) is 0 Å². The van der Waals surface area contributed by atoms with Gasteiger partial charge in [-0.2, -0.15) is 0 Å². The van der Waals surface area contributed by atoms with Gasteiger partial charge < -0.3 is 10.6 Å². The average Bonchev–Trinajstić information content (AvgIpc) is 2.07. The normalized spacial score (nSPS) is 28.3. The molecule has 3 heteroatoms. The van der Waals surface area contributed by atoms with Crippen molar-refractivity contribution in [1.82, 2.24) is 10.6 Å². The molecule has 0 bridgehead atoms. The van der Waals surface area contributed by atoms with Crippen molar-refractivity contribution in [2.24, 2.45) is 11.8 Å². The van der Waals surface area contributed by atoms with Gasteiger partial charge in [-0.1, -0.05) is 27.7 Å². The van der Waals surface area contributed by atoms with Gasteiger partial charge in [-0.3, -0.25) is 4.79 Å². The summed E-state index contributed by atoms with van der Waals surface area (Å²) in [6.45, 7) is 9.36. The summed E-state index contributed by atoms with van der Waals surface area (Å²) in [4.78, 5) is 11.5. The SMILES string of the molecule is CC(C)CC1CNC(=O)C(C(C)C)N1. The Bertz CT molecular complexity index is 201. The van der Waals surface area contributed by atoms with Crippen molar-refractivity contribution in [2.45, 2.75) is 46.2 Å². The van der Waals surface area contributed by atoms with Crippen molar-refractivity contribution in [3.05, 3.63) is 0 Å². The third-order valence-corrected chi connectivity index (χ3v) is 2.64. The first-order valence-electron chi connectivity index (χ1n) is 5.54. The van der Waals surface area contributed by atoms with Gasteiger partial charge in [-0.15, -0.1) is 0 Å². The molecule has 0 aromatic rings. The molecule has 0 radical (unpaired) electrons.